The van der Waals surface area contributed by atoms with E-state index in [4.69, 9.17) is 5.11 Å². The van der Waals surface area contributed by atoms with Gasteiger partial charge in [0.2, 0.25) is 0 Å². The minimum absolute atomic E-state index is 0.0622. The number of phenols is 1. The molecule has 24 heavy (non-hydrogen) atoms. The highest BCUT2D eigenvalue weighted by Gasteiger charge is 2.25. The fourth-order valence-corrected chi connectivity index (χ4v) is 3.03. The number of H-pyrrole nitrogens is 1. The zero-order chi connectivity index (χ0) is 17.4. The van der Waals surface area contributed by atoms with Crippen molar-refractivity contribution in [3.8, 4) is 5.75 Å². The summed E-state index contributed by atoms with van der Waals surface area (Å²) >= 11 is 0. The fraction of sp³-hybridized carbons (Fsp3) is 0.222. The van der Waals surface area contributed by atoms with Crippen molar-refractivity contribution in [2.45, 2.75) is 26.7 Å². The topological polar surface area (TPSA) is 102 Å². The SMILES string of the molecule is Cc1[nH]c(/C=C2\C(=O)Nc3ccc(O)cc32)c(C)c1CCC(=O)O. The summed E-state index contributed by atoms with van der Waals surface area (Å²) in [6.07, 6.45) is 2.25. The largest absolute Gasteiger partial charge is 0.508 e. The van der Waals surface area contributed by atoms with Gasteiger partial charge in [0.15, 0.2) is 0 Å². The van der Waals surface area contributed by atoms with E-state index in [0.717, 1.165) is 22.5 Å². The minimum atomic E-state index is -0.838. The number of hydrogen-bond acceptors (Lipinski definition) is 3. The zero-order valence-electron chi connectivity index (χ0n) is 13.4. The van der Waals surface area contributed by atoms with Crippen LogP contribution in [0.2, 0.25) is 0 Å². The van der Waals surface area contributed by atoms with Crippen molar-refractivity contribution >= 4 is 29.2 Å². The summed E-state index contributed by atoms with van der Waals surface area (Å²) in [5.74, 6) is -0.971. The number of benzene rings is 1. The Morgan fingerprint density at radius 1 is 1.29 bits per heavy atom. The number of aryl methyl sites for hydroxylation is 1. The van der Waals surface area contributed by atoms with Gasteiger partial charge in [0.25, 0.3) is 5.91 Å². The summed E-state index contributed by atoms with van der Waals surface area (Å²) in [6.45, 7) is 3.80. The van der Waals surface area contributed by atoms with Gasteiger partial charge in [-0.2, -0.15) is 0 Å². The third-order valence-electron chi connectivity index (χ3n) is 4.30. The van der Waals surface area contributed by atoms with Crippen molar-refractivity contribution < 1.29 is 19.8 Å². The second kappa shape index (κ2) is 5.88. The van der Waals surface area contributed by atoms with Crippen LogP contribution in [0.5, 0.6) is 5.75 Å². The molecule has 1 aliphatic heterocycles. The van der Waals surface area contributed by atoms with E-state index in [1.807, 2.05) is 13.8 Å². The molecule has 1 amide bonds. The second-order valence-electron chi connectivity index (χ2n) is 5.90. The van der Waals surface area contributed by atoms with Crippen molar-refractivity contribution in [1.82, 2.24) is 4.98 Å². The molecule has 0 bridgehead atoms. The Hall–Kier alpha value is -3.02. The van der Waals surface area contributed by atoms with Crippen LogP contribution >= 0.6 is 0 Å². The molecule has 0 aliphatic carbocycles. The monoisotopic (exact) mass is 326 g/mol. The summed E-state index contributed by atoms with van der Waals surface area (Å²) in [5, 5.41) is 21.3. The molecule has 0 unspecified atom stereocenters. The van der Waals surface area contributed by atoms with Gasteiger partial charge in [0, 0.05) is 29.1 Å². The van der Waals surface area contributed by atoms with Gasteiger partial charge in [0.05, 0.1) is 5.57 Å². The van der Waals surface area contributed by atoms with E-state index in [1.165, 1.54) is 6.07 Å². The predicted molar refractivity (Wildman–Crippen MR) is 90.8 cm³/mol. The van der Waals surface area contributed by atoms with Crippen molar-refractivity contribution in [3.63, 3.8) is 0 Å². The Kier molecular flexibility index (Phi) is 3.89. The molecule has 4 N–H and O–H groups in total. The highest BCUT2D eigenvalue weighted by Crippen LogP contribution is 2.36. The summed E-state index contributed by atoms with van der Waals surface area (Å²) < 4.78 is 0. The number of hydrogen-bond donors (Lipinski definition) is 4. The summed E-state index contributed by atoms with van der Waals surface area (Å²) in [7, 11) is 0. The minimum Gasteiger partial charge on any atom is -0.508 e. The van der Waals surface area contributed by atoms with Gasteiger partial charge in [-0.1, -0.05) is 0 Å². The Labute approximate surface area is 138 Å². The molecular formula is C18H18N2O4. The highest BCUT2D eigenvalue weighted by molar-refractivity contribution is 6.35. The van der Waals surface area contributed by atoms with Crippen molar-refractivity contribution in [3.05, 3.63) is 46.3 Å². The maximum atomic E-state index is 12.2. The van der Waals surface area contributed by atoms with Crippen LogP contribution in [0.4, 0.5) is 5.69 Å². The molecule has 0 atom stereocenters. The molecule has 0 fully saturated rings. The maximum absolute atomic E-state index is 12.2. The summed E-state index contributed by atoms with van der Waals surface area (Å²) in [6, 6.07) is 4.74. The van der Waals surface area contributed by atoms with E-state index in [2.05, 4.69) is 10.3 Å². The number of carboxylic acids is 1. The van der Waals surface area contributed by atoms with Crippen LogP contribution in [0.15, 0.2) is 18.2 Å². The Morgan fingerprint density at radius 2 is 2.04 bits per heavy atom. The van der Waals surface area contributed by atoms with Crippen LogP contribution in [0.1, 0.15) is 34.5 Å². The first-order valence-electron chi connectivity index (χ1n) is 7.63. The van der Waals surface area contributed by atoms with Crippen LogP contribution in [-0.2, 0) is 16.0 Å². The normalized spacial score (nSPS) is 14.8. The first-order valence-corrected chi connectivity index (χ1v) is 7.63. The number of phenolic OH excluding ortho intramolecular Hbond substituents is 1. The quantitative estimate of drug-likeness (QED) is 0.512. The predicted octanol–water partition coefficient (Wildman–Crippen LogP) is 2.85. The lowest BCUT2D eigenvalue weighted by molar-refractivity contribution is -0.137. The van der Waals surface area contributed by atoms with Crippen molar-refractivity contribution in [1.29, 1.82) is 0 Å². The first kappa shape index (κ1) is 15.9. The number of carbonyl (C=O) groups is 2. The second-order valence-corrected chi connectivity index (χ2v) is 5.90. The Balaban J connectivity index is 2.01. The van der Waals surface area contributed by atoms with E-state index in [1.54, 1.807) is 18.2 Å². The smallest absolute Gasteiger partial charge is 0.303 e. The number of aromatic nitrogens is 1. The van der Waals surface area contributed by atoms with Crippen LogP contribution in [-0.4, -0.2) is 27.1 Å². The molecule has 6 heteroatoms. The van der Waals surface area contributed by atoms with Crippen LogP contribution in [0.25, 0.3) is 11.6 Å². The number of anilines is 1. The zero-order valence-corrected chi connectivity index (χ0v) is 13.4. The Bertz CT molecular complexity index is 877. The van der Waals surface area contributed by atoms with Crippen molar-refractivity contribution in [2.24, 2.45) is 0 Å². The van der Waals surface area contributed by atoms with Gasteiger partial charge in [-0.15, -0.1) is 0 Å². The van der Waals surface area contributed by atoms with E-state index in [0.29, 0.717) is 23.2 Å². The lowest BCUT2D eigenvalue weighted by atomic mass is 10.0. The number of rotatable bonds is 4. The number of aromatic hydroxyl groups is 1. The Morgan fingerprint density at radius 3 is 2.75 bits per heavy atom. The molecule has 6 nitrogen and oxygen atoms in total. The third kappa shape index (κ3) is 2.78. The number of amides is 1. The van der Waals surface area contributed by atoms with E-state index < -0.39 is 5.97 Å². The fourth-order valence-electron chi connectivity index (χ4n) is 3.03. The van der Waals surface area contributed by atoms with Crippen LogP contribution in [0, 0.1) is 13.8 Å². The van der Waals surface area contributed by atoms with Gasteiger partial charge in [-0.05, 0) is 55.7 Å². The number of carboxylic acid groups (broad SMARTS) is 1. The first-order chi connectivity index (χ1) is 11.4. The average molecular weight is 326 g/mol. The maximum Gasteiger partial charge on any atom is 0.303 e. The van der Waals surface area contributed by atoms with E-state index in [9.17, 15) is 14.7 Å². The summed E-state index contributed by atoms with van der Waals surface area (Å²) in [4.78, 5) is 26.2. The average Bonchev–Trinajstić information content (AvgIpc) is 2.95. The molecule has 0 spiro atoms. The van der Waals surface area contributed by atoms with Crippen LogP contribution < -0.4 is 5.32 Å². The van der Waals surface area contributed by atoms with E-state index >= 15 is 0 Å². The summed E-state index contributed by atoms with van der Waals surface area (Å²) in [5.41, 5.74) is 5.34. The van der Waals surface area contributed by atoms with Gasteiger partial charge in [-0.25, -0.2) is 0 Å². The molecular weight excluding hydrogens is 308 g/mol. The van der Waals surface area contributed by atoms with Gasteiger partial charge in [0.1, 0.15) is 5.75 Å². The van der Waals surface area contributed by atoms with Crippen LogP contribution in [0.3, 0.4) is 0 Å². The number of carbonyl (C=O) groups excluding carboxylic acids is 1. The van der Waals surface area contributed by atoms with Gasteiger partial charge >= 0.3 is 5.97 Å². The van der Waals surface area contributed by atoms with Crippen molar-refractivity contribution in [2.75, 3.05) is 5.32 Å². The van der Waals surface area contributed by atoms with E-state index in [-0.39, 0.29) is 18.1 Å². The molecule has 124 valence electrons. The molecule has 3 rings (SSSR count). The number of aromatic amines is 1. The molecule has 0 radical (unpaired) electrons. The lowest BCUT2D eigenvalue weighted by Crippen LogP contribution is -2.03. The van der Waals surface area contributed by atoms with Gasteiger partial charge < -0.3 is 20.5 Å². The molecule has 0 saturated heterocycles. The molecule has 2 aromatic rings. The number of nitrogens with one attached hydrogen (secondary N) is 2. The number of aliphatic carboxylic acids is 1. The molecule has 1 aliphatic rings. The molecule has 2 heterocycles. The molecule has 0 saturated carbocycles. The third-order valence-corrected chi connectivity index (χ3v) is 4.30. The standard InChI is InChI=1S/C18H18N2O4/c1-9-12(4-6-17(22)23)10(2)19-16(9)8-14-13-7-11(21)3-5-15(13)20-18(14)24/h3,5,7-8,19,21H,4,6H2,1-2H3,(H,20,24)(H,22,23)/b14-8-. The molecule has 1 aromatic carbocycles. The number of fused-ring (bicyclic) bond motifs is 1. The molecule has 1 aromatic heterocycles. The highest BCUT2D eigenvalue weighted by atomic mass is 16.4. The lowest BCUT2D eigenvalue weighted by Gasteiger charge is -2.01. The van der Waals surface area contributed by atoms with Gasteiger partial charge in [-0.3, -0.25) is 9.59 Å².